The van der Waals surface area contributed by atoms with Crippen molar-refractivity contribution in [3.63, 3.8) is 0 Å². The van der Waals surface area contributed by atoms with Crippen molar-refractivity contribution in [1.29, 1.82) is 0 Å². The molecule has 0 radical (unpaired) electrons. The Bertz CT molecular complexity index is 1520. The quantitative estimate of drug-likeness (QED) is 0.276. The lowest BCUT2D eigenvalue weighted by Gasteiger charge is -2.21. The van der Waals surface area contributed by atoms with Crippen molar-refractivity contribution >= 4 is 40.1 Å². The maximum absolute atomic E-state index is 13.4. The molecule has 1 saturated carbocycles. The third-order valence-corrected chi connectivity index (χ3v) is 7.98. The zero-order valence-electron chi connectivity index (χ0n) is 22.4. The van der Waals surface area contributed by atoms with E-state index in [0.717, 1.165) is 35.1 Å². The molecule has 1 atom stereocenters. The van der Waals surface area contributed by atoms with Gasteiger partial charge in [0, 0.05) is 42.7 Å². The minimum absolute atomic E-state index is 0.101. The number of carbonyl (C=O) groups excluding carboxylic acids is 2. The average Bonchev–Trinajstić information content (AvgIpc) is 3.71. The predicted octanol–water partition coefficient (Wildman–Crippen LogP) is 5.54. The molecule has 1 N–H and O–H groups in total. The van der Waals surface area contributed by atoms with Gasteiger partial charge in [0.05, 0.1) is 18.0 Å². The van der Waals surface area contributed by atoms with Gasteiger partial charge in [-0.05, 0) is 42.5 Å². The molecule has 8 nitrogen and oxygen atoms in total. The van der Waals surface area contributed by atoms with E-state index in [0.29, 0.717) is 23.1 Å². The number of hydrogen-bond acceptors (Lipinski definition) is 6. The van der Waals surface area contributed by atoms with Crippen LogP contribution in [0, 0.1) is 11.8 Å². The van der Waals surface area contributed by atoms with Gasteiger partial charge in [-0.2, -0.15) is 0 Å². The molecule has 1 fully saturated rings. The van der Waals surface area contributed by atoms with Crippen molar-refractivity contribution in [3.05, 3.63) is 83.9 Å². The van der Waals surface area contributed by atoms with Crippen LogP contribution >= 0.6 is 11.3 Å². The molecule has 2 heterocycles. The number of pyridine rings is 1. The van der Waals surface area contributed by atoms with E-state index >= 15 is 0 Å². The second kappa shape index (κ2) is 11.8. The van der Waals surface area contributed by atoms with Crippen LogP contribution in [0.15, 0.2) is 78.3 Å². The Morgan fingerprint density at radius 1 is 0.950 bits per heavy atom. The summed E-state index contributed by atoms with van der Waals surface area (Å²) in [7, 11) is 3.39. The van der Waals surface area contributed by atoms with Crippen LogP contribution in [-0.4, -0.2) is 47.0 Å². The van der Waals surface area contributed by atoms with E-state index in [2.05, 4.69) is 4.98 Å². The summed E-state index contributed by atoms with van der Waals surface area (Å²) < 4.78 is 0. The predicted molar refractivity (Wildman–Crippen MR) is 156 cm³/mol. The van der Waals surface area contributed by atoms with Crippen LogP contribution in [0.25, 0.3) is 22.4 Å². The largest absolute Gasteiger partial charge is 0.481 e. The van der Waals surface area contributed by atoms with Gasteiger partial charge in [0.15, 0.2) is 5.13 Å². The highest BCUT2D eigenvalue weighted by Gasteiger charge is 2.33. The van der Waals surface area contributed by atoms with Gasteiger partial charge in [-0.25, -0.2) is 9.97 Å². The Labute approximate surface area is 236 Å². The second-order valence-electron chi connectivity index (χ2n) is 10.0. The number of thiazole rings is 1. The Balaban J connectivity index is 1.36. The van der Waals surface area contributed by atoms with E-state index < -0.39 is 11.9 Å². The van der Waals surface area contributed by atoms with E-state index in [-0.39, 0.29) is 24.2 Å². The summed E-state index contributed by atoms with van der Waals surface area (Å²) in [6.07, 6.45) is 3.72. The van der Waals surface area contributed by atoms with Crippen LogP contribution in [0.2, 0.25) is 0 Å². The number of carbonyl (C=O) groups is 3. The van der Waals surface area contributed by atoms with Gasteiger partial charge in [-0.15, -0.1) is 11.3 Å². The van der Waals surface area contributed by atoms with Crippen LogP contribution in [0.5, 0.6) is 0 Å². The van der Waals surface area contributed by atoms with Gasteiger partial charge in [0.1, 0.15) is 5.82 Å². The van der Waals surface area contributed by atoms with Crippen molar-refractivity contribution in [3.8, 4) is 22.4 Å². The summed E-state index contributed by atoms with van der Waals surface area (Å²) in [6.45, 7) is 0. The minimum Gasteiger partial charge on any atom is -0.481 e. The van der Waals surface area contributed by atoms with Crippen molar-refractivity contribution in [1.82, 2.24) is 9.97 Å². The second-order valence-corrected chi connectivity index (χ2v) is 10.9. The Morgan fingerprint density at radius 2 is 1.65 bits per heavy atom. The van der Waals surface area contributed by atoms with Gasteiger partial charge in [-0.3, -0.25) is 24.2 Å². The van der Waals surface area contributed by atoms with E-state index in [1.54, 1.807) is 25.2 Å². The molecule has 4 aromatic rings. The number of anilines is 2. The smallest absolute Gasteiger partial charge is 0.304 e. The van der Waals surface area contributed by atoms with E-state index in [1.807, 2.05) is 72.1 Å². The highest BCUT2D eigenvalue weighted by molar-refractivity contribution is 7.14. The number of amides is 2. The molecule has 204 valence electrons. The number of aliphatic carboxylic acids is 1. The number of aromatic nitrogens is 2. The molecule has 2 aromatic heterocycles. The number of benzene rings is 2. The number of carboxylic acids is 1. The van der Waals surface area contributed by atoms with Gasteiger partial charge < -0.3 is 5.11 Å². The summed E-state index contributed by atoms with van der Waals surface area (Å²) >= 11 is 1.33. The lowest BCUT2D eigenvalue weighted by atomic mass is 9.95. The molecule has 0 spiro atoms. The Hall–Kier alpha value is -4.37. The molecule has 1 aliphatic carbocycles. The molecule has 9 heteroatoms. The van der Waals surface area contributed by atoms with E-state index in [4.69, 9.17) is 4.98 Å². The molecule has 1 aliphatic rings. The summed E-state index contributed by atoms with van der Waals surface area (Å²) in [4.78, 5) is 49.7. The van der Waals surface area contributed by atoms with Gasteiger partial charge in [0.25, 0.3) is 0 Å². The zero-order chi connectivity index (χ0) is 28.2. The van der Waals surface area contributed by atoms with Gasteiger partial charge in [-0.1, -0.05) is 54.6 Å². The van der Waals surface area contributed by atoms with Crippen LogP contribution in [0.3, 0.4) is 0 Å². The van der Waals surface area contributed by atoms with E-state index in [9.17, 15) is 19.5 Å². The first-order chi connectivity index (χ1) is 19.3. The molecule has 2 aromatic carbocycles. The first-order valence-corrected chi connectivity index (χ1v) is 14.0. The van der Waals surface area contributed by atoms with Crippen LogP contribution in [0.1, 0.15) is 24.8 Å². The number of rotatable bonds is 10. The normalized spacial score (nSPS) is 13.4. The fraction of sp³-hybridized carbons (Fsp3) is 0.258. The van der Waals surface area contributed by atoms with Crippen LogP contribution in [-0.2, 0) is 20.8 Å². The lowest BCUT2D eigenvalue weighted by Crippen LogP contribution is -2.35. The molecule has 40 heavy (non-hydrogen) atoms. The van der Waals surface area contributed by atoms with Gasteiger partial charge in [0.2, 0.25) is 11.8 Å². The van der Waals surface area contributed by atoms with E-state index in [1.165, 1.54) is 16.2 Å². The molecule has 0 bridgehead atoms. The minimum atomic E-state index is -1.01. The zero-order valence-corrected chi connectivity index (χ0v) is 23.2. The average molecular weight is 555 g/mol. The lowest BCUT2D eigenvalue weighted by molar-refractivity contribution is -0.140. The number of hydrogen-bond donors (Lipinski definition) is 1. The first kappa shape index (κ1) is 27.2. The van der Waals surface area contributed by atoms with Crippen LogP contribution in [0.4, 0.5) is 10.9 Å². The summed E-state index contributed by atoms with van der Waals surface area (Å²) in [6, 6.07) is 21.0. The molecular weight excluding hydrogens is 524 g/mol. The molecule has 0 saturated heterocycles. The molecule has 2 amide bonds. The Kier molecular flexibility index (Phi) is 8.02. The third-order valence-electron chi connectivity index (χ3n) is 7.07. The maximum atomic E-state index is 13.4. The van der Waals surface area contributed by atoms with Crippen molar-refractivity contribution in [2.75, 3.05) is 23.9 Å². The third kappa shape index (κ3) is 6.10. The van der Waals surface area contributed by atoms with Crippen molar-refractivity contribution in [2.24, 2.45) is 11.8 Å². The number of carboxylic acid groups (broad SMARTS) is 1. The van der Waals surface area contributed by atoms with Crippen molar-refractivity contribution < 1.29 is 19.5 Å². The topological polar surface area (TPSA) is 104 Å². The summed E-state index contributed by atoms with van der Waals surface area (Å²) in [5.74, 6) is -1.18. The first-order valence-electron chi connectivity index (χ1n) is 13.1. The molecule has 5 rings (SSSR count). The standard InChI is InChI=1S/C31H30N4O4S/c1-34(29(38)21-12-13-21)27-15-14-22(18-32-27)24-10-6-7-11-25(24)26-19-40-31(33-26)35(2)30(39)23(17-28(36)37)16-20-8-4-3-5-9-20/h3-11,14-15,18-19,21,23H,12-13,16-17H2,1-2H3,(H,36,37). The fourth-order valence-corrected chi connectivity index (χ4v) is 5.48. The highest BCUT2D eigenvalue weighted by Crippen LogP contribution is 2.36. The maximum Gasteiger partial charge on any atom is 0.304 e. The summed E-state index contributed by atoms with van der Waals surface area (Å²) in [5, 5.41) is 11.8. The van der Waals surface area contributed by atoms with Crippen LogP contribution < -0.4 is 9.80 Å². The molecule has 0 aliphatic heterocycles. The van der Waals surface area contributed by atoms with Crippen molar-refractivity contribution in [2.45, 2.75) is 25.7 Å². The summed E-state index contributed by atoms with van der Waals surface area (Å²) in [5.41, 5.74) is 4.31. The SMILES string of the molecule is CN(C(=O)C1CC1)c1ccc(-c2ccccc2-c2csc(N(C)C(=O)C(CC(=O)O)Cc3ccccc3)n2)cn1. The monoisotopic (exact) mass is 554 g/mol. The van der Waals surface area contributed by atoms with Gasteiger partial charge >= 0.3 is 5.97 Å². The molecular formula is C31H30N4O4S. The highest BCUT2D eigenvalue weighted by atomic mass is 32.1. The molecule has 1 unspecified atom stereocenters. The Morgan fingerprint density at radius 3 is 2.30 bits per heavy atom. The fourth-order valence-electron chi connectivity index (χ4n) is 4.69. The number of nitrogens with zero attached hydrogens (tertiary/aromatic N) is 4.